The van der Waals surface area contributed by atoms with Gasteiger partial charge in [0.15, 0.2) is 5.13 Å². The largest absolute Gasteiger partial charge is 0.302 e. The van der Waals surface area contributed by atoms with E-state index in [4.69, 9.17) is 0 Å². The first kappa shape index (κ1) is 16.1. The number of hydrogen-bond donors (Lipinski definition) is 1. The van der Waals surface area contributed by atoms with Crippen molar-refractivity contribution in [3.8, 4) is 0 Å². The lowest BCUT2D eigenvalue weighted by atomic mass is 9.89. The van der Waals surface area contributed by atoms with E-state index in [1.165, 1.54) is 35.8 Å². The SMILES string of the molecule is CC(=O)Nc1ncc(CN2CCC(c3ccc(C)cc3)CC2)s1. The third-order valence-corrected chi connectivity index (χ3v) is 5.25. The first-order valence-corrected chi connectivity index (χ1v) is 8.93. The van der Waals surface area contributed by atoms with Crippen molar-refractivity contribution in [1.82, 2.24) is 9.88 Å². The summed E-state index contributed by atoms with van der Waals surface area (Å²) in [5.41, 5.74) is 2.80. The lowest BCUT2D eigenvalue weighted by Crippen LogP contribution is -2.32. The summed E-state index contributed by atoms with van der Waals surface area (Å²) in [4.78, 5) is 19.0. The Hall–Kier alpha value is -1.72. The summed E-state index contributed by atoms with van der Waals surface area (Å²) in [6, 6.07) is 8.97. The van der Waals surface area contributed by atoms with Crippen LogP contribution in [0.2, 0.25) is 0 Å². The maximum atomic E-state index is 11.0. The molecule has 0 spiro atoms. The molecule has 0 bridgehead atoms. The average Bonchev–Trinajstić information content (AvgIpc) is 2.95. The van der Waals surface area contributed by atoms with E-state index in [9.17, 15) is 4.79 Å². The molecule has 2 aromatic rings. The summed E-state index contributed by atoms with van der Waals surface area (Å²) in [5, 5.41) is 3.44. The number of nitrogens with zero attached hydrogens (tertiary/aromatic N) is 2. The van der Waals surface area contributed by atoms with Crippen LogP contribution in [0.15, 0.2) is 30.5 Å². The van der Waals surface area contributed by atoms with Gasteiger partial charge in [-0.2, -0.15) is 0 Å². The Morgan fingerprint density at radius 2 is 2.00 bits per heavy atom. The number of carbonyl (C=O) groups is 1. The fraction of sp³-hybridized carbons (Fsp3) is 0.444. The second-order valence-corrected chi connectivity index (χ2v) is 7.39. The average molecular weight is 329 g/mol. The van der Waals surface area contributed by atoms with E-state index in [1.807, 2.05) is 6.20 Å². The quantitative estimate of drug-likeness (QED) is 0.928. The lowest BCUT2D eigenvalue weighted by Gasteiger charge is -2.31. The summed E-state index contributed by atoms with van der Waals surface area (Å²) in [6.07, 6.45) is 4.29. The van der Waals surface area contributed by atoms with E-state index in [0.717, 1.165) is 19.6 Å². The molecular formula is C18H23N3OS. The fourth-order valence-corrected chi connectivity index (χ4v) is 3.97. The number of aryl methyl sites for hydroxylation is 1. The molecule has 3 rings (SSSR count). The topological polar surface area (TPSA) is 45.2 Å². The van der Waals surface area contributed by atoms with Crippen molar-refractivity contribution in [2.45, 2.75) is 39.2 Å². The van der Waals surface area contributed by atoms with E-state index in [2.05, 4.69) is 46.4 Å². The maximum Gasteiger partial charge on any atom is 0.223 e. The van der Waals surface area contributed by atoms with Crippen LogP contribution in [0.1, 0.15) is 41.7 Å². The Kier molecular flexibility index (Phi) is 5.08. The first-order valence-electron chi connectivity index (χ1n) is 8.11. The van der Waals surface area contributed by atoms with E-state index >= 15 is 0 Å². The van der Waals surface area contributed by atoms with Gasteiger partial charge in [-0.1, -0.05) is 29.8 Å². The molecule has 1 amide bonds. The van der Waals surface area contributed by atoms with Crippen LogP contribution in [0.3, 0.4) is 0 Å². The molecule has 4 nitrogen and oxygen atoms in total. The molecule has 0 aliphatic carbocycles. The van der Waals surface area contributed by atoms with Crippen molar-refractivity contribution >= 4 is 22.4 Å². The Morgan fingerprint density at radius 3 is 2.65 bits per heavy atom. The number of rotatable bonds is 4. The fourth-order valence-electron chi connectivity index (χ4n) is 3.07. The van der Waals surface area contributed by atoms with Crippen LogP contribution in [0, 0.1) is 6.92 Å². The van der Waals surface area contributed by atoms with Crippen LogP contribution in [0.25, 0.3) is 0 Å². The number of anilines is 1. The van der Waals surface area contributed by atoms with Gasteiger partial charge in [0.05, 0.1) is 0 Å². The van der Waals surface area contributed by atoms with Crippen LogP contribution < -0.4 is 5.32 Å². The number of nitrogens with one attached hydrogen (secondary N) is 1. The van der Waals surface area contributed by atoms with Crippen LogP contribution >= 0.6 is 11.3 Å². The van der Waals surface area contributed by atoms with Crippen molar-refractivity contribution in [3.63, 3.8) is 0 Å². The summed E-state index contributed by atoms with van der Waals surface area (Å²) >= 11 is 1.57. The minimum Gasteiger partial charge on any atom is -0.302 e. The summed E-state index contributed by atoms with van der Waals surface area (Å²) in [7, 11) is 0. The maximum absolute atomic E-state index is 11.0. The molecule has 1 aromatic heterocycles. The molecule has 5 heteroatoms. The molecule has 0 radical (unpaired) electrons. The molecule has 0 unspecified atom stereocenters. The van der Waals surface area contributed by atoms with Gasteiger partial charge >= 0.3 is 0 Å². The summed E-state index contributed by atoms with van der Waals surface area (Å²) in [5.74, 6) is 0.619. The smallest absolute Gasteiger partial charge is 0.223 e. The molecule has 2 heterocycles. The lowest BCUT2D eigenvalue weighted by molar-refractivity contribution is -0.114. The molecule has 1 fully saturated rings. The van der Waals surface area contributed by atoms with Gasteiger partial charge in [-0.3, -0.25) is 9.69 Å². The number of likely N-dealkylation sites (tertiary alicyclic amines) is 1. The van der Waals surface area contributed by atoms with Gasteiger partial charge in [-0.15, -0.1) is 11.3 Å². The highest BCUT2D eigenvalue weighted by Crippen LogP contribution is 2.29. The van der Waals surface area contributed by atoms with Crippen molar-refractivity contribution in [2.75, 3.05) is 18.4 Å². The third-order valence-electron chi connectivity index (χ3n) is 4.35. The molecule has 0 saturated carbocycles. The predicted molar refractivity (Wildman–Crippen MR) is 94.8 cm³/mol. The number of amides is 1. The highest BCUT2D eigenvalue weighted by molar-refractivity contribution is 7.15. The number of piperidine rings is 1. The zero-order valence-electron chi connectivity index (χ0n) is 13.7. The molecule has 1 aliphatic rings. The zero-order chi connectivity index (χ0) is 16.2. The minimum absolute atomic E-state index is 0.0650. The third kappa shape index (κ3) is 4.39. The highest BCUT2D eigenvalue weighted by Gasteiger charge is 2.21. The number of hydrogen-bond acceptors (Lipinski definition) is 4. The van der Waals surface area contributed by atoms with Crippen LogP contribution in [0.5, 0.6) is 0 Å². The zero-order valence-corrected chi connectivity index (χ0v) is 14.5. The Morgan fingerprint density at radius 1 is 1.30 bits per heavy atom. The van der Waals surface area contributed by atoms with Gasteiger partial charge in [0.1, 0.15) is 0 Å². The Bertz CT molecular complexity index is 657. The molecule has 1 aromatic carbocycles. The molecule has 1 saturated heterocycles. The van der Waals surface area contributed by atoms with E-state index in [0.29, 0.717) is 11.0 Å². The second-order valence-electron chi connectivity index (χ2n) is 6.27. The highest BCUT2D eigenvalue weighted by atomic mass is 32.1. The number of thiazole rings is 1. The van der Waals surface area contributed by atoms with Crippen LogP contribution in [-0.4, -0.2) is 28.9 Å². The number of carbonyl (C=O) groups excluding carboxylic acids is 1. The van der Waals surface area contributed by atoms with Gasteiger partial charge in [0, 0.05) is 24.5 Å². The predicted octanol–water partition coefficient (Wildman–Crippen LogP) is 3.79. The standard InChI is InChI=1S/C18H23N3OS/c1-13-3-5-15(6-4-13)16-7-9-21(10-8-16)12-17-11-19-18(23-17)20-14(2)22/h3-6,11,16H,7-10,12H2,1-2H3,(H,19,20,22). The molecule has 1 aliphatic heterocycles. The van der Waals surface area contributed by atoms with Crippen LogP contribution in [0.4, 0.5) is 5.13 Å². The molecule has 0 atom stereocenters. The van der Waals surface area contributed by atoms with E-state index < -0.39 is 0 Å². The Labute approximate surface area is 141 Å². The number of benzene rings is 1. The normalized spacial score (nSPS) is 16.4. The van der Waals surface area contributed by atoms with Gasteiger partial charge in [-0.25, -0.2) is 4.98 Å². The summed E-state index contributed by atoms with van der Waals surface area (Å²) < 4.78 is 0. The van der Waals surface area contributed by atoms with Crippen LogP contribution in [-0.2, 0) is 11.3 Å². The van der Waals surface area contributed by atoms with Crippen molar-refractivity contribution < 1.29 is 4.79 Å². The Balaban J connectivity index is 1.52. The van der Waals surface area contributed by atoms with Gasteiger partial charge < -0.3 is 5.32 Å². The van der Waals surface area contributed by atoms with Crippen molar-refractivity contribution in [3.05, 3.63) is 46.5 Å². The monoisotopic (exact) mass is 329 g/mol. The minimum atomic E-state index is -0.0650. The van der Waals surface area contributed by atoms with Gasteiger partial charge in [0.25, 0.3) is 0 Å². The molecule has 122 valence electrons. The molecule has 23 heavy (non-hydrogen) atoms. The van der Waals surface area contributed by atoms with E-state index in [-0.39, 0.29) is 5.91 Å². The van der Waals surface area contributed by atoms with Gasteiger partial charge in [0.2, 0.25) is 5.91 Å². The second kappa shape index (κ2) is 7.23. The first-order chi connectivity index (χ1) is 11.1. The van der Waals surface area contributed by atoms with Crippen molar-refractivity contribution in [1.29, 1.82) is 0 Å². The number of aromatic nitrogens is 1. The molecular weight excluding hydrogens is 306 g/mol. The van der Waals surface area contributed by atoms with Crippen molar-refractivity contribution in [2.24, 2.45) is 0 Å². The summed E-state index contributed by atoms with van der Waals surface area (Å²) in [6.45, 7) is 6.81. The molecule has 1 N–H and O–H groups in total. The van der Waals surface area contributed by atoms with E-state index in [1.54, 1.807) is 11.3 Å². The van der Waals surface area contributed by atoms with Gasteiger partial charge in [-0.05, 0) is 44.3 Å².